The monoisotopic (exact) mass is 278 g/mol. The molecule has 0 spiro atoms. The zero-order valence-electron chi connectivity index (χ0n) is 11.4. The second kappa shape index (κ2) is 4.18. The molecule has 0 saturated heterocycles. The average Bonchev–Trinajstić information content (AvgIpc) is 3.06. The summed E-state index contributed by atoms with van der Waals surface area (Å²) in [6.45, 7) is 4.19. The number of rotatable bonds is 0. The van der Waals surface area contributed by atoms with E-state index in [-0.39, 0.29) is 0 Å². The zero-order valence-corrected chi connectivity index (χ0v) is 12.2. The molecule has 2 nitrogen and oxygen atoms in total. The minimum atomic E-state index is 1.06. The molecule has 0 aliphatic heterocycles. The smallest absolute Gasteiger partial charge is 0.147 e. The van der Waals surface area contributed by atoms with E-state index < -0.39 is 0 Å². The molecule has 0 saturated carbocycles. The standard InChI is InChI=1S/C17H14N2S/c1-3-11-12-7-5-6-8-13(12)16-18-17-15(9-10-20-17)19(16)14(11)4-2/h3-10H,1-2H3/b11-3-,14-4+. The van der Waals surface area contributed by atoms with Crippen molar-refractivity contribution in [1.29, 1.82) is 0 Å². The van der Waals surface area contributed by atoms with Crippen molar-refractivity contribution in [1.82, 2.24) is 9.38 Å². The SMILES string of the molecule is C/C=c1\c(=C/C)n2c3ccsc3nc2c2ccccc12. The number of nitrogens with zero attached hydrogens (tertiary/aromatic N) is 2. The molecule has 4 aromatic rings. The molecule has 0 atom stereocenters. The number of pyridine rings is 1. The van der Waals surface area contributed by atoms with Gasteiger partial charge in [0.1, 0.15) is 10.5 Å². The molecule has 0 aliphatic rings. The molecular formula is C17H14N2S. The number of hydrogen-bond acceptors (Lipinski definition) is 2. The first kappa shape index (κ1) is 11.7. The van der Waals surface area contributed by atoms with Crippen molar-refractivity contribution in [3.8, 4) is 0 Å². The molecule has 1 aromatic carbocycles. The van der Waals surface area contributed by atoms with E-state index in [0.29, 0.717) is 0 Å². The van der Waals surface area contributed by atoms with Gasteiger partial charge in [-0.1, -0.05) is 36.4 Å². The van der Waals surface area contributed by atoms with Crippen molar-refractivity contribution in [3.63, 3.8) is 0 Å². The molecule has 0 aliphatic carbocycles. The predicted octanol–water partition coefficient (Wildman–Crippen LogP) is 3.30. The van der Waals surface area contributed by atoms with Crippen LogP contribution in [0.3, 0.4) is 0 Å². The van der Waals surface area contributed by atoms with Crippen molar-refractivity contribution in [2.24, 2.45) is 0 Å². The molecule has 0 fully saturated rings. The van der Waals surface area contributed by atoms with Crippen LogP contribution in [-0.4, -0.2) is 9.38 Å². The van der Waals surface area contributed by atoms with Gasteiger partial charge in [-0.3, -0.25) is 4.40 Å². The Bertz CT molecular complexity index is 1070. The van der Waals surface area contributed by atoms with Crippen molar-refractivity contribution >= 4 is 50.3 Å². The molecule has 3 aromatic heterocycles. The van der Waals surface area contributed by atoms with E-state index in [4.69, 9.17) is 4.98 Å². The second-order valence-electron chi connectivity index (χ2n) is 4.80. The number of benzene rings is 1. The highest BCUT2D eigenvalue weighted by Gasteiger charge is 2.11. The maximum atomic E-state index is 4.83. The van der Waals surface area contributed by atoms with Crippen LogP contribution in [0.4, 0.5) is 0 Å². The van der Waals surface area contributed by atoms with Gasteiger partial charge in [0.15, 0.2) is 0 Å². The maximum absolute atomic E-state index is 4.83. The van der Waals surface area contributed by atoms with Crippen LogP contribution in [-0.2, 0) is 0 Å². The normalized spacial score (nSPS) is 14.1. The van der Waals surface area contributed by atoms with E-state index in [0.717, 1.165) is 10.5 Å². The molecule has 0 bridgehead atoms. The van der Waals surface area contributed by atoms with Gasteiger partial charge < -0.3 is 0 Å². The van der Waals surface area contributed by atoms with Gasteiger partial charge in [0.05, 0.1) is 10.9 Å². The zero-order chi connectivity index (χ0) is 13.7. The number of hydrogen-bond donors (Lipinski definition) is 0. The van der Waals surface area contributed by atoms with E-state index in [2.05, 4.69) is 66.1 Å². The van der Waals surface area contributed by atoms with Crippen LogP contribution in [0, 0.1) is 0 Å². The van der Waals surface area contributed by atoms with Gasteiger partial charge in [0.25, 0.3) is 0 Å². The Hall–Kier alpha value is -2.13. The average molecular weight is 278 g/mol. The lowest BCUT2D eigenvalue weighted by Crippen LogP contribution is -2.31. The highest BCUT2D eigenvalue weighted by molar-refractivity contribution is 7.16. The van der Waals surface area contributed by atoms with Crippen LogP contribution in [0.25, 0.3) is 38.9 Å². The van der Waals surface area contributed by atoms with Crippen LogP contribution in [0.2, 0.25) is 0 Å². The number of aromatic nitrogens is 2. The Kier molecular flexibility index (Phi) is 2.44. The summed E-state index contributed by atoms with van der Waals surface area (Å²) in [5.41, 5.74) is 2.26. The summed E-state index contributed by atoms with van der Waals surface area (Å²) in [7, 11) is 0. The highest BCUT2D eigenvalue weighted by atomic mass is 32.1. The number of imidazole rings is 1. The fourth-order valence-electron chi connectivity index (χ4n) is 2.99. The second-order valence-corrected chi connectivity index (χ2v) is 5.70. The quantitative estimate of drug-likeness (QED) is 0.482. The summed E-state index contributed by atoms with van der Waals surface area (Å²) >= 11 is 1.70. The van der Waals surface area contributed by atoms with Gasteiger partial charge in [0.2, 0.25) is 0 Å². The Labute approximate surface area is 120 Å². The van der Waals surface area contributed by atoms with Gasteiger partial charge >= 0.3 is 0 Å². The van der Waals surface area contributed by atoms with E-state index in [1.54, 1.807) is 11.3 Å². The molecule has 0 N–H and O–H groups in total. The molecule has 4 rings (SSSR count). The van der Waals surface area contributed by atoms with Crippen LogP contribution < -0.4 is 10.6 Å². The molecule has 0 radical (unpaired) electrons. The molecule has 0 unspecified atom stereocenters. The largest absolute Gasteiger partial charge is 0.291 e. The predicted molar refractivity (Wildman–Crippen MR) is 87.6 cm³/mol. The van der Waals surface area contributed by atoms with Crippen LogP contribution in [0.1, 0.15) is 13.8 Å². The summed E-state index contributed by atoms with van der Waals surface area (Å²) < 4.78 is 2.28. The van der Waals surface area contributed by atoms with Crippen LogP contribution >= 0.6 is 11.3 Å². The lowest BCUT2D eigenvalue weighted by atomic mass is 10.1. The van der Waals surface area contributed by atoms with Crippen molar-refractivity contribution < 1.29 is 0 Å². The lowest BCUT2D eigenvalue weighted by molar-refractivity contribution is 1.16. The Morgan fingerprint density at radius 1 is 1.05 bits per heavy atom. The summed E-state index contributed by atoms with van der Waals surface area (Å²) in [4.78, 5) is 5.94. The fraction of sp³-hybridized carbons (Fsp3) is 0.118. The molecule has 3 heteroatoms. The molecule has 0 amide bonds. The number of thiophene rings is 1. The molecule has 3 heterocycles. The summed E-state index contributed by atoms with van der Waals surface area (Å²) in [6.07, 6.45) is 4.36. The van der Waals surface area contributed by atoms with Crippen molar-refractivity contribution in [2.45, 2.75) is 13.8 Å². The Balaban J connectivity index is 2.52. The first-order valence-corrected chi connectivity index (χ1v) is 7.62. The summed E-state index contributed by atoms with van der Waals surface area (Å²) in [5.74, 6) is 0. The molecule has 20 heavy (non-hydrogen) atoms. The minimum absolute atomic E-state index is 1.06. The fourth-order valence-corrected chi connectivity index (χ4v) is 3.74. The lowest BCUT2D eigenvalue weighted by Gasteiger charge is -2.05. The van der Waals surface area contributed by atoms with E-state index in [1.807, 2.05) is 0 Å². The van der Waals surface area contributed by atoms with Gasteiger partial charge in [-0.25, -0.2) is 4.98 Å². The Morgan fingerprint density at radius 3 is 2.60 bits per heavy atom. The van der Waals surface area contributed by atoms with Crippen LogP contribution in [0.5, 0.6) is 0 Å². The van der Waals surface area contributed by atoms with E-state index in [9.17, 15) is 0 Å². The highest BCUT2D eigenvalue weighted by Crippen LogP contribution is 2.23. The topological polar surface area (TPSA) is 17.3 Å². The summed E-state index contributed by atoms with van der Waals surface area (Å²) in [6, 6.07) is 10.7. The first-order valence-electron chi connectivity index (χ1n) is 6.74. The third kappa shape index (κ3) is 1.36. The van der Waals surface area contributed by atoms with Crippen molar-refractivity contribution in [3.05, 3.63) is 46.3 Å². The molecule has 98 valence electrons. The van der Waals surface area contributed by atoms with Gasteiger partial charge in [-0.15, -0.1) is 11.3 Å². The first-order chi connectivity index (χ1) is 9.85. The van der Waals surface area contributed by atoms with Gasteiger partial charge in [-0.2, -0.15) is 0 Å². The van der Waals surface area contributed by atoms with Gasteiger partial charge in [0, 0.05) is 10.6 Å². The Morgan fingerprint density at radius 2 is 1.85 bits per heavy atom. The van der Waals surface area contributed by atoms with Gasteiger partial charge in [-0.05, 0) is 30.7 Å². The third-order valence-electron chi connectivity index (χ3n) is 3.82. The van der Waals surface area contributed by atoms with E-state index in [1.165, 1.54) is 26.9 Å². The third-order valence-corrected chi connectivity index (χ3v) is 4.62. The van der Waals surface area contributed by atoms with E-state index >= 15 is 0 Å². The summed E-state index contributed by atoms with van der Waals surface area (Å²) in [5, 5.41) is 7.10. The minimum Gasteiger partial charge on any atom is -0.291 e. The van der Waals surface area contributed by atoms with Crippen molar-refractivity contribution in [2.75, 3.05) is 0 Å². The number of fused-ring (bicyclic) bond motifs is 5. The maximum Gasteiger partial charge on any atom is 0.147 e. The molecular weight excluding hydrogens is 264 g/mol. The van der Waals surface area contributed by atoms with Crippen LogP contribution in [0.15, 0.2) is 35.7 Å².